The normalized spacial score (nSPS) is 11.3. The molecule has 0 aliphatic rings. The summed E-state index contributed by atoms with van der Waals surface area (Å²) in [6.07, 6.45) is 0.905. The van der Waals surface area contributed by atoms with Gasteiger partial charge in [-0.3, -0.25) is 4.79 Å². The Labute approximate surface area is 110 Å². The predicted octanol–water partition coefficient (Wildman–Crippen LogP) is 4.19. The third-order valence-corrected chi connectivity index (χ3v) is 3.01. The van der Waals surface area contributed by atoms with E-state index in [-0.39, 0.29) is 6.10 Å². The lowest BCUT2D eigenvalue weighted by Crippen LogP contribution is -2.05. The molecule has 1 aromatic heterocycles. The Bertz CT molecular complexity index is 753. The minimum absolute atomic E-state index is 0.0542. The molecule has 0 unspecified atom stereocenters. The molecule has 1 heterocycles. The predicted molar refractivity (Wildman–Crippen MR) is 74.9 cm³/mol. The summed E-state index contributed by atoms with van der Waals surface area (Å²) in [5, 5.41) is 1.76. The van der Waals surface area contributed by atoms with Gasteiger partial charge in [0, 0.05) is 16.3 Å². The van der Waals surface area contributed by atoms with Gasteiger partial charge in [0.2, 0.25) is 0 Å². The largest absolute Gasteiger partial charge is 0.487 e. The van der Waals surface area contributed by atoms with E-state index in [0.717, 1.165) is 22.6 Å². The third-order valence-electron chi connectivity index (χ3n) is 3.01. The topological polar surface area (TPSA) is 39.4 Å². The highest BCUT2D eigenvalue weighted by Gasteiger charge is 2.15. The summed E-state index contributed by atoms with van der Waals surface area (Å²) < 4.78 is 11.6. The zero-order valence-corrected chi connectivity index (χ0v) is 10.8. The van der Waals surface area contributed by atoms with Gasteiger partial charge in [0.05, 0.1) is 6.10 Å². The average Bonchev–Trinajstić information content (AvgIpc) is 2.79. The standard InChI is InChI=1S/C16H14O3/c1-10(2)18-14-8-7-11(9-17)15-12-5-3-4-6-13(12)19-16(14)15/h3-10H,1-2H3. The number of fused-ring (bicyclic) bond motifs is 3. The van der Waals surface area contributed by atoms with Crippen molar-refractivity contribution in [3.63, 3.8) is 0 Å². The van der Waals surface area contributed by atoms with Crippen molar-refractivity contribution >= 4 is 28.2 Å². The van der Waals surface area contributed by atoms with Gasteiger partial charge in [-0.05, 0) is 32.0 Å². The number of ether oxygens (including phenoxy) is 1. The molecule has 0 amide bonds. The van der Waals surface area contributed by atoms with E-state index in [9.17, 15) is 4.79 Å². The van der Waals surface area contributed by atoms with Crippen LogP contribution in [0.5, 0.6) is 5.75 Å². The van der Waals surface area contributed by atoms with Crippen LogP contribution >= 0.6 is 0 Å². The van der Waals surface area contributed by atoms with Crippen molar-refractivity contribution in [2.45, 2.75) is 20.0 Å². The molecule has 0 fully saturated rings. The maximum atomic E-state index is 11.2. The van der Waals surface area contributed by atoms with Crippen molar-refractivity contribution in [1.82, 2.24) is 0 Å². The number of hydrogen-bond donors (Lipinski definition) is 0. The first-order chi connectivity index (χ1) is 9.20. The minimum Gasteiger partial charge on any atom is -0.487 e. The van der Waals surface area contributed by atoms with Crippen LogP contribution in [0.1, 0.15) is 24.2 Å². The number of para-hydroxylation sites is 1. The molecule has 0 bridgehead atoms. The summed E-state index contributed by atoms with van der Waals surface area (Å²) in [7, 11) is 0. The molecular weight excluding hydrogens is 240 g/mol. The lowest BCUT2D eigenvalue weighted by molar-refractivity contribution is 0.112. The second-order valence-electron chi connectivity index (χ2n) is 4.74. The average molecular weight is 254 g/mol. The summed E-state index contributed by atoms with van der Waals surface area (Å²) in [5.74, 6) is 0.673. The van der Waals surface area contributed by atoms with Crippen LogP contribution in [-0.4, -0.2) is 12.4 Å². The lowest BCUT2D eigenvalue weighted by atomic mass is 10.1. The molecule has 3 nitrogen and oxygen atoms in total. The van der Waals surface area contributed by atoms with Crippen LogP contribution in [0.25, 0.3) is 21.9 Å². The fourth-order valence-corrected chi connectivity index (χ4v) is 2.28. The van der Waals surface area contributed by atoms with Crippen LogP contribution in [0.3, 0.4) is 0 Å². The number of carbonyl (C=O) groups is 1. The molecule has 96 valence electrons. The van der Waals surface area contributed by atoms with Crippen LogP contribution in [-0.2, 0) is 0 Å². The Balaban J connectivity index is 2.40. The zero-order chi connectivity index (χ0) is 13.4. The maximum Gasteiger partial charge on any atom is 0.177 e. The Hall–Kier alpha value is -2.29. The third kappa shape index (κ3) is 1.87. The molecule has 3 rings (SSSR count). The molecule has 0 aliphatic heterocycles. The second-order valence-corrected chi connectivity index (χ2v) is 4.74. The summed E-state index contributed by atoms with van der Waals surface area (Å²) in [6.45, 7) is 3.92. The molecule has 0 aliphatic carbocycles. The van der Waals surface area contributed by atoms with E-state index >= 15 is 0 Å². The maximum absolute atomic E-state index is 11.2. The van der Waals surface area contributed by atoms with E-state index in [1.165, 1.54) is 0 Å². The molecule has 0 atom stereocenters. The van der Waals surface area contributed by atoms with Crippen molar-refractivity contribution in [1.29, 1.82) is 0 Å². The fourth-order valence-electron chi connectivity index (χ4n) is 2.28. The number of hydrogen-bond acceptors (Lipinski definition) is 3. The van der Waals surface area contributed by atoms with E-state index in [0.29, 0.717) is 16.9 Å². The zero-order valence-electron chi connectivity index (χ0n) is 10.8. The van der Waals surface area contributed by atoms with Gasteiger partial charge in [-0.2, -0.15) is 0 Å². The Morgan fingerprint density at radius 2 is 1.95 bits per heavy atom. The summed E-state index contributed by atoms with van der Waals surface area (Å²) in [4.78, 5) is 11.2. The monoisotopic (exact) mass is 254 g/mol. The number of rotatable bonds is 3. The molecule has 0 saturated heterocycles. The first-order valence-corrected chi connectivity index (χ1v) is 6.27. The summed E-state index contributed by atoms with van der Waals surface area (Å²) >= 11 is 0. The smallest absolute Gasteiger partial charge is 0.177 e. The van der Waals surface area contributed by atoms with Gasteiger partial charge in [-0.25, -0.2) is 0 Å². The fraction of sp³-hybridized carbons (Fsp3) is 0.188. The highest BCUT2D eigenvalue weighted by atomic mass is 16.5. The van der Waals surface area contributed by atoms with Crippen LogP contribution in [0, 0.1) is 0 Å². The SMILES string of the molecule is CC(C)Oc1ccc(C=O)c2c1oc1ccccc12. The van der Waals surface area contributed by atoms with Crippen molar-refractivity contribution in [3.8, 4) is 5.75 Å². The van der Waals surface area contributed by atoms with Gasteiger partial charge in [0.1, 0.15) is 5.58 Å². The molecule has 0 spiro atoms. The van der Waals surface area contributed by atoms with Gasteiger partial charge in [0.25, 0.3) is 0 Å². The van der Waals surface area contributed by atoms with Gasteiger partial charge >= 0.3 is 0 Å². The Kier molecular flexibility index (Phi) is 2.75. The summed E-state index contributed by atoms with van der Waals surface area (Å²) in [6, 6.07) is 11.2. The van der Waals surface area contributed by atoms with E-state index in [1.807, 2.05) is 38.1 Å². The Morgan fingerprint density at radius 3 is 2.68 bits per heavy atom. The van der Waals surface area contributed by atoms with E-state index in [2.05, 4.69) is 0 Å². The minimum atomic E-state index is 0.0542. The quantitative estimate of drug-likeness (QED) is 0.658. The summed E-state index contributed by atoms with van der Waals surface area (Å²) in [5.41, 5.74) is 2.02. The lowest BCUT2D eigenvalue weighted by Gasteiger charge is -2.10. The number of benzene rings is 2. The van der Waals surface area contributed by atoms with Crippen LogP contribution in [0.15, 0.2) is 40.8 Å². The van der Waals surface area contributed by atoms with Gasteiger partial charge < -0.3 is 9.15 Å². The Morgan fingerprint density at radius 1 is 1.16 bits per heavy atom. The molecule has 19 heavy (non-hydrogen) atoms. The first kappa shape index (κ1) is 11.8. The van der Waals surface area contributed by atoms with E-state index in [1.54, 1.807) is 12.1 Å². The van der Waals surface area contributed by atoms with E-state index in [4.69, 9.17) is 9.15 Å². The number of aldehydes is 1. The van der Waals surface area contributed by atoms with Gasteiger partial charge in [-0.1, -0.05) is 18.2 Å². The van der Waals surface area contributed by atoms with Gasteiger partial charge in [-0.15, -0.1) is 0 Å². The van der Waals surface area contributed by atoms with Crippen LogP contribution in [0.2, 0.25) is 0 Å². The highest BCUT2D eigenvalue weighted by molar-refractivity contribution is 6.13. The molecule has 3 heteroatoms. The molecule has 0 radical (unpaired) electrons. The first-order valence-electron chi connectivity index (χ1n) is 6.27. The van der Waals surface area contributed by atoms with Crippen LogP contribution in [0.4, 0.5) is 0 Å². The number of furan rings is 1. The molecule has 3 aromatic rings. The van der Waals surface area contributed by atoms with Gasteiger partial charge in [0.15, 0.2) is 17.6 Å². The van der Waals surface area contributed by atoms with Crippen molar-refractivity contribution in [3.05, 3.63) is 42.0 Å². The molecule has 0 saturated carbocycles. The van der Waals surface area contributed by atoms with Crippen LogP contribution < -0.4 is 4.74 Å². The van der Waals surface area contributed by atoms with Crippen molar-refractivity contribution in [2.24, 2.45) is 0 Å². The molecular formula is C16H14O3. The van der Waals surface area contributed by atoms with Crippen molar-refractivity contribution < 1.29 is 13.9 Å². The van der Waals surface area contributed by atoms with Crippen molar-refractivity contribution in [2.75, 3.05) is 0 Å². The number of carbonyl (C=O) groups excluding carboxylic acids is 1. The highest BCUT2D eigenvalue weighted by Crippen LogP contribution is 2.36. The molecule has 0 N–H and O–H groups in total. The van der Waals surface area contributed by atoms with E-state index < -0.39 is 0 Å². The molecule has 2 aromatic carbocycles. The second kappa shape index (κ2) is 4.43.